The Bertz CT molecular complexity index is 1080. The number of halogens is 3. The number of nitro groups is 1. The lowest BCUT2D eigenvalue weighted by atomic mass is 10.1. The van der Waals surface area contributed by atoms with Gasteiger partial charge in [0.05, 0.1) is 28.7 Å². The summed E-state index contributed by atoms with van der Waals surface area (Å²) in [6.45, 7) is 0.0553. The van der Waals surface area contributed by atoms with Gasteiger partial charge in [0.15, 0.2) is 6.10 Å². The lowest BCUT2D eigenvalue weighted by Gasteiger charge is -2.28. The summed E-state index contributed by atoms with van der Waals surface area (Å²) in [5.74, 6) is -1.93. The zero-order chi connectivity index (χ0) is 24.8. The lowest BCUT2D eigenvalue weighted by molar-refractivity contribution is -0.384. The summed E-state index contributed by atoms with van der Waals surface area (Å²) >= 11 is 5.85. The van der Waals surface area contributed by atoms with Crippen LogP contribution in [0.1, 0.15) is 17.3 Å². The molecule has 1 atom stereocenters. The van der Waals surface area contributed by atoms with Gasteiger partial charge < -0.3 is 24.4 Å². The van der Waals surface area contributed by atoms with Gasteiger partial charge in [-0.3, -0.25) is 14.9 Å². The van der Waals surface area contributed by atoms with Gasteiger partial charge in [0.25, 0.3) is 11.6 Å². The van der Waals surface area contributed by atoms with Gasteiger partial charge in [-0.25, -0.2) is 4.79 Å². The Balaban J connectivity index is 1.66. The molecule has 0 aromatic heterocycles. The number of hydrogen-bond acceptors (Lipinski definition) is 8. The average molecular weight is 500 g/mol. The first-order valence-corrected chi connectivity index (χ1v) is 10.4. The molecule has 2 aromatic rings. The van der Waals surface area contributed by atoms with Crippen LogP contribution in [0.2, 0.25) is 5.02 Å². The van der Waals surface area contributed by atoms with Crippen molar-refractivity contribution in [2.45, 2.75) is 19.6 Å². The predicted molar refractivity (Wildman–Crippen MR) is 118 cm³/mol. The highest BCUT2D eigenvalue weighted by molar-refractivity contribution is 6.32. The summed E-state index contributed by atoms with van der Waals surface area (Å²) in [4.78, 5) is 37.6. The van der Waals surface area contributed by atoms with Crippen LogP contribution in [0.3, 0.4) is 0 Å². The van der Waals surface area contributed by atoms with Crippen LogP contribution in [0.4, 0.5) is 25.8 Å². The van der Waals surface area contributed by atoms with Gasteiger partial charge in [-0.05, 0) is 37.3 Å². The highest BCUT2D eigenvalue weighted by Crippen LogP contribution is 2.31. The SMILES string of the molecule is CC(OC(=O)c1ccc(N2CCOCC2)c([N+](=O)[O-])c1)C(=O)Nc1ccc(OC(F)F)c(Cl)c1. The number of esters is 1. The van der Waals surface area contributed by atoms with E-state index in [-0.39, 0.29) is 27.7 Å². The molecule has 1 aliphatic heterocycles. The minimum absolute atomic E-state index is 0.0973. The number of nitrogens with zero attached hydrogens (tertiary/aromatic N) is 2. The molecule has 10 nitrogen and oxygen atoms in total. The number of hydrogen-bond donors (Lipinski definition) is 1. The number of alkyl halides is 2. The van der Waals surface area contributed by atoms with E-state index in [1.807, 2.05) is 0 Å². The number of anilines is 2. The molecule has 1 heterocycles. The molecule has 34 heavy (non-hydrogen) atoms. The van der Waals surface area contributed by atoms with Crippen LogP contribution in [-0.2, 0) is 14.3 Å². The second kappa shape index (κ2) is 11.1. The zero-order valence-electron chi connectivity index (χ0n) is 17.8. The van der Waals surface area contributed by atoms with Crippen molar-refractivity contribution in [1.29, 1.82) is 0 Å². The van der Waals surface area contributed by atoms with E-state index < -0.39 is 29.5 Å². The van der Waals surface area contributed by atoms with Gasteiger partial charge in [0.2, 0.25) is 0 Å². The van der Waals surface area contributed by atoms with Crippen LogP contribution in [0.15, 0.2) is 36.4 Å². The maximum Gasteiger partial charge on any atom is 0.387 e. The molecule has 1 fully saturated rings. The number of nitro benzene ring substituents is 1. The van der Waals surface area contributed by atoms with Gasteiger partial charge in [-0.15, -0.1) is 0 Å². The smallest absolute Gasteiger partial charge is 0.387 e. The number of amides is 1. The van der Waals surface area contributed by atoms with Crippen LogP contribution < -0.4 is 15.0 Å². The summed E-state index contributed by atoms with van der Waals surface area (Å²) < 4.78 is 39.3. The van der Waals surface area contributed by atoms with E-state index in [2.05, 4.69) is 10.1 Å². The lowest BCUT2D eigenvalue weighted by Crippen LogP contribution is -2.36. The van der Waals surface area contributed by atoms with Gasteiger partial charge in [-0.2, -0.15) is 8.78 Å². The van der Waals surface area contributed by atoms with Gasteiger partial charge in [0.1, 0.15) is 11.4 Å². The highest BCUT2D eigenvalue weighted by atomic mass is 35.5. The Morgan fingerprint density at radius 1 is 1.21 bits per heavy atom. The molecule has 1 aliphatic rings. The Kier molecular flexibility index (Phi) is 8.18. The molecule has 3 rings (SSSR count). The molecule has 182 valence electrons. The molecule has 1 N–H and O–H groups in total. The molecule has 0 aliphatic carbocycles. The van der Waals surface area contributed by atoms with Crippen LogP contribution in [0.5, 0.6) is 5.75 Å². The number of rotatable bonds is 8. The van der Waals surface area contributed by atoms with E-state index in [1.165, 1.54) is 31.2 Å². The minimum Gasteiger partial charge on any atom is -0.449 e. The first kappa shape index (κ1) is 25.1. The molecular formula is C21H20ClF2N3O7. The third-order valence-electron chi connectivity index (χ3n) is 4.83. The zero-order valence-corrected chi connectivity index (χ0v) is 18.6. The fraction of sp³-hybridized carbons (Fsp3) is 0.333. The van der Waals surface area contributed by atoms with Crippen LogP contribution in [0, 0.1) is 10.1 Å². The van der Waals surface area contributed by atoms with E-state index in [0.717, 1.165) is 12.1 Å². The van der Waals surface area contributed by atoms with Gasteiger partial charge >= 0.3 is 12.6 Å². The Morgan fingerprint density at radius 2 is 1.91 bits per heavy atom. The van der Waals surface area contributed by atoms with Crippen molar-refractivity contribution in [3.05, 3.63) is 57.1 Å². The molecular weight excluding hydrogens is 480 g/mol. The second-order valence-electron chi connectivity index (χ2n) is 7.12. The summed E-state index contributed by atoms with van der Waals surface area (Å²) in [5, 5.41) is 13.8. The summed E-state index contributed by atoms with van der Waals surface area (Å²) in [6.07, 6.45) is -1.28. The number of carbonyl (C=O) groups excluding carboxylic acids is 2. The van der Waals surface area contributed by atoms with E-state index in [1.54, 1.807) is 4.90 Å². The topological polar surface area (TPSA) is 120 Å². The number of nitrogens with one attached hydrogen (secondary N) is 1. The summed E-state index contributed by atoms with van der Waals surface area (Å²) in [5.41, 5.74) is 0.144. The molecule has 0 saturated carbocycles. The number of benzene rings is 2. The minimum atomic E-state index is -3.06. The number of ether oxygens (including phenoxy) is 3. The monoisotopic (exact) mass is 499 g/mol. The van der Waals surface area contributed by atoms with Gasteiger partial charge in [-0.1, -0.05) is 11.6 Å². The third-order valence-corrected chi connectivity index (χ3v) is 5.12. The molecule has 2 aromatic carbocycles. The van der Waals surface area contributed by atoms with Crippen LogP contribution in [0.25, 0.3) is 0 Å². The van der Waals surface area contributed by atoms with E-state index in [9.17, 15) is 28.5 Å². The van der Waals surface area contributed by atoms with E-state index in [4.69, 9.17) is 21.1 Å². The summed E-state index contributed by atoms with van der Waals surface area (Å²) in [7, 11) is 0. The molecule has 0 radical (unpaired) electrons. The average Bonchev–Trinajstić information content (AvgIpc) is 2.80. The second-order valence-corrected chi connectivity index (χ2v) is 7.53. The highest BCUT2D eigenvalue weighted by Gasteiger charge is 2.25. The van der Waals surface area contributed by atoms with Crippen molar-refractivity contribution < 1.29 is 37.5 Å². The number of carbonyl (C=O) groups is 2. The van der Waals surface area contributed by atoms with Crippen LogP contribution >= 0.6 is 11.6 Å². The quantitative estimate of drug-likeness (QED) is 0.330. The van der Waals surface area contributed by atoms with Crippen LogP contribution in [-0.4, -0.2) is 55.8 Å². The number of morpholine rings is 1. The van der Waals surface area contributed by atoms with Crippen molar-refractivity contribution >= 4 is 40.5 Å². The van der Waals surface area contributed by atoms with Crippen molar-refractivity contribution in [3.63, 3.8) is 0 Å². The Morgan fingerprint density at radius 3 is 2.53 bits per heavy atom. The van der Waals surface area contributed by atoms with E-state index >= 15 is 0 Å². The fourth-order valence-electron chi connectivity index (χ4n) is 3.16. The van der Waals surface area contributed by atoms with Crippen molar-refractivity contribution in [3.8, 4) is 5.75 Å². The molecule has 0 spiro atoms. The van der Waals surface area contributed by atoms with E-state index in [0.29, 0.717) is 32.0 Å². The Labute approximate surface area is 197 Å². The largest absolute Gasteiger partial charge is 0.449 e. The normalized spacial score (nSPS) is 14.4. The first-order chi connectivity index (χ1) is 16.2. The van der Waals surface area contributed by atoms with Gasteiger partial charge in [0, 0.05) is 24.8 Å². The predicted octanol–water partition coefficient (Wildman–Crippen LogP) is 3.87. The fourth-order valence-corrected chi connectivity index (χ4v) is 3.39. The van der Waals surface area contributed by atoms with Crippen molar-refractivity contribution in [1.82, 2.24) is 0 Å². The maximum absolute atomic E-state index is 12.5. The standard InChI is InChI=1S/C21H20ClF2N3O7/c1-12(19(28)25-14-3-5-18(15(22)11-14)34-21(23)24)33-20(29)13-2-4-16(17(10-13)27(30)31)26-6-8-32-9-7-26/h2-5,10-12,21H,6-9H2,1H3,(H,25,28). The molecule has 13 heteroatoms. The molecule has 1 unspecified atom stereocenters. The van der Waals surface area contributed by atoms with Crippen molar-refractivity contribution in [2.24, 2.45) is 0 Å². The summed E-state index contributed by atoms with van der Waals surface area (Å²) in [6, 6.07) is 7.56. The molecule has 0 bridgehead atoms. The maximum atomic E-state index is 12.5. The van der Waals surface area contributed by atoms with Crippen molar-refractivity contribution in [2.75, 3.05) is 36.5 Å². The molecule has 1 saturated heterocycles. The first-order valence-electron chi connectivity index (χ1n) is 10.0. The third kappa shape index (κ3) is 6.29. The molecule has 1 amide bonds. The Hall–Kier alpha value is -3.51.